The average molecular weight is 284 g/mol. The second-order valence-electron chi connectivity index (χ2n) is 4.64. The van der Waals surface area contributed by atoms with E-state index in [1.54, 1.807) is 24.4 Å². The van der Waals surface area contributed by atoms with Crippen LogP contribution in [0, 0.1) is 10.1 Å². The molecule has 3 rings (SSSR count). The van der Waals surface area contributed by atoms with E-state index in [0.29, 0.717) is 22.9 Å². The third kappa shape index (κ3) is 2.20. The summed E-state index contributed by atoms with van der Waals surface area (Å²) in [4.78, 5) is 25.6. The van der Waals surface area contributed by atoms with E-state index in [1.807, 2.05) is 6.92 Å². The van der Waals surface area contributed by atoms with E-state index < -0.39 is 4.92 Å². The summed E-state index contributed by atoms with van der Waals surface area (Å²) in [6, 6.07) is 7.78. The van der Waals surface area contributed by atoms with E-state index in [2.05, 4.69) is 4.98 Å². The summed E-state index contributed by atoms with van der Waals surface area (Å²) >= 11 is 0. The van der Waals surface area contributed by atoms with Gasteiger partial charge in [-0.2, -0.15) is 0 Å². The Morgan fingerprint density at radius 3 is 2.81 bits per heavy atom. The molecule has 0 unspecified atom stereocenters. The topological polar surface area (TPSA) is 89.1 Å². The lowest BCUT2D eigenvalue weighted by atomic mass is 10.1. The van der Waals surface area contributed by atoms with Gasteiger partial charge < -0.3 is 9.40 Å². The van der Waals surface area contributed by atoms with Crippen molar-refractivity contribution in [2.45, 2.75) is 13.3 Å². The molecule has 0 aliphatic rings. The maximum Gasteiger partial charge on any atom is 0.271 e. The van der Waals surface area contributed by atoms with Crippen LogP contribution < -0.4 is 0 Å². The number of benzene rings is 1. The van der Waals surface area contributed by atoms with Crippen LogP contribution in [0.1, 0.15) is 28.8 Å². The minimum Gasteiger partial charge on any atom is -0.458 e. The lowest BCUT2D eigenvalue weighted by molar-refractivity contribution is -0.384. The molecule has 0 amide bonds. The maximum absolute atomic E-state index is 12.4. The largest absolute Gasteiger partial charge is 0.458 e. The number of rotatable bonds is 4. The molecule has 0 saturated carbocycles. The summed E-state index contributed by atoms with van der Waals surface area (Å²) in [6.45, 7) is 1.94. The molecule has 6 heteroatoms. The normalized spacial score (nSPS) is 10.9. The Morgan fingerprint density at radius 2 is 2.14 bits per heavy atom. The first-order valence-electron chi connectivity index (χ1n) is 6.49. The molecule has 1 aromatic carbocycles. The number of nitrogens with one attached hydrogen (secondary N) is 1. The monoisotopic (exact) mass is 284 g/mol. The fourth-order valence-corrected chi connectivity index (χ4v) is 2.24. The number of nitrogens with zero attached hydrogens (tertiary/aromatic N) is 1. The van der Waals surface area contributed by atoms with Gasteiger partial charge in [-0.1, -0.05) is 6.92 Å². The van der Waals surface area contributed by atoms with Crippen molar-refractivity contribution in [3.63, 3.8) is 0 Å². The van der Waals surface area contributed by atoms with Gasteiger partial charge in [-0.3, -0.25) is 14.9 Å². The molecule has 0 fully saturated rings. The van der Waals surface area contributed by atoms with Gasteiger partial charge in [0.25, 0.3) is 5.69 Å². The van der Waals surface area contributed by atoms with E-state index >= 15 is 0 Å². The Hall–Kier alpha value is -2.89. The van der Waals surface area contributed by atoms with Crippen molar-refractivity contribution < 1.29 is 14.1 Å². The molecule has 106 valence electrons. The van der Waals surface area contributed by atoms with E-state index in [1.165, 1.54) is 12.1 Å². The molecule has 0 aliphatic carbocycles. The summed E-state index contributed by atoms with van der Waals surface area (Å²) < 4.78 is 5.46. The van der Waals surface area contributed by atoms with E-state index in [9.17, 15) is 14.9 Å². The number of non-ortho nitro benzene ring substituents is 1. The van der Waals surface area contributed by atoms with Gasteiger partial charge in [-0.15, -0.1) is 0 Å². The van der Waals surface area contributed by atoms with Crippen molar-refractivity contribution in [1.29, 1.82) is 0 Å². The highest BCUT2D eigenvalue weighted by molar-refractivity contribution is 6.15. The van der Waals surface area contributed by atoms with Gasteiger partial charge in [0, 0.05) is 30.1 Å². The molecule has 0 aliphatic heterocycles. The number of hydrogen-bond donors (Lipinski definition) is 1. The molecule has 1 N–H and O–H groups in total. The third-order valence-corrected chi connectivity index (χ3v) is 3.35. The highest BCUT2D eigenvalue weighted by Crippen LogP contribution is 2.25. The van der Waals surface area contributed by atoms with Gasteiger partial charge in [0.05, 0.1) is 16.0 Å². The minimum atomic E-state index is -0.470. The maximum atomic E-state index is 12.4. The summed E-state index contributed by atoms with van der Waals surface area (Å²) in [5, 5.41) is 11.4. The Kier molecular flexibility index (Phi) is 3.06. The van der Waals surface area contributed by atoms with Crippen LogP contribution in [0.3, 0.4) is 0 Å². The van der Waals surface area contributed by atoms with Crippen LogP contribution in [-0.4, -0.2) is 15.7 Å². The van der Waals surface area contributed by atoms with Gasteiger partial charge in [-0.05, 0) is 18.2 Å². The molecular weight excluding hydrogens is 272 g/mol. The second kappa shape index (κ2) is 4.90. The first-order chi connectivity index (χ1) is 10.1. The first kappa shape index (κ1) is 13.1. The zero-order chi connectivity index (χ0) is 15.0. The molecule has 0 spiro atoms. The number of hydrogen-bond acceptors (Lipinski definition) is 4. The molecule has 0 radical (unpaired) electrons. The van der Waals surface area contributed by atoms with E-state index in [4.69, 9.17) is 4.42 Å². The number of H-pyrrole nitrogens is 1. The minimum absolute atomic E-state index is 0.0189. The van der Waals surface area contributed by atoms with Gasteiger partial charge in [0.15, 0.2) is 5.76 Å². The number of nitro benzene ring substituents is 1. The van der Waals surface area contributed by atoms with Crippen molar-refractivity contribution in [3.05, 3.63) is 63.7 Å². The number of furan rings is 1. The number of aromatic amines is 1. The Morgan fingerprint density at radius 1 is 1.33 bits per heavy atom. The molecular formula is C15H12N2O4. The fourth-order valence-electron chi connectivity index (χ4n) is 2.24. The molecule has 0 bridgehead atoms. The van der Waals surface area contributed by atoms with E-state index in [-0.39, 0.29) is 17.2 Å². The lowest BCUT2D eigenvalue weighted by Crippen LogP contribution is -1.98. The smallest absolute Gasteiger partial charge is 0.271 e. The Bertz CT molecular complexity index is 844. The van der Waals surface area contributed by atoms with Gasteiger partial charge in [-0.25, -0.2) is 0 Å². The van der Waals surface area contributed by atoms with Crippen LogP contribution in [0.4, 0.5) is 5.69 Å². The second-order valence-corrected chi connectivity index (χ2v) is 4.64. The molecule has 2 aromatic heterocycles. The number of carbonyl (C=O) groups is 1. The fraction of sp³-hybridized carbons (Fsp3) is 0.133. The van der Waals surface area contributed by atoms with Gasteiger partial charge in [0.1, 0.15) is 5.76 Å². The van der Waals surface area contributed by atoms with Crippen molar-refractivity contribution in [1.82, 2.24) is 4.98 Å². The van der Waals surface area contributed by atoms with Crippen LogP contribution in [0.15, 0.2) is 40.9 Å². The Balaban J connectivity index is 2.04. The number of nitro groups is 1. The van der Waals surface area contributed by atoms with Crippen LogP contribution >= 0.6 is 0 Å². The van der Waals surface area contributed by atoms with Crippen molar-refractivity contribution in [2.24, 2.45) is 0 Å². The van der Waals surface area contributed by atoms with Crippen molar-refractivity contribution in [3.8, 4) is 0 Å². The SMILES string of the molecule is CCc1ccc(C(=O)c2c[nH]c3cc([N+](=O)[O-])ccc23)o1. The van der Waals surface area contributed by atoms with Crippen molar-refractivity contribution in [2.75, 3.05) is 0 Å². The zero-order valence-electron chi connectivity index (χ0n) is 11.3. The lowest BCUT2D eigenvalue weighted by Gasteiger charge is -1.96. The third-order valence-electron chi connectivity index (χ3n) is 3.35. The van der Waals surface area contributed by atoms with E-state index in [0.717, 1.165) is 5.76 Å². The van der Waals surface area contributed by atoms with Gasteiger partial charge in [0.2, 0.25) is 5.78 Å². The number of aromatic nitrogens is 1. The predicted octanol–water partition coefficient (Wildman–Crippen LogP) is 3.46. The summed E-state index contributed by atoms with van der Waals surface area (Å²) in [7, 11) is 0. The van der Waals surface area contributed by atoms with Crippen LogP contribution in [-0.2, 0) is 6.42 Å². The predicted molar refractivity (Wildman–Crippen MR) is 76.5 cm³/mol. The molecule has 0 saturated heterocycles. The first-order valence-corrected chi connectivity index (χ1v) is 6.49. The summed E-state index contributed by atoms with van der Waals surface area (Å²) in [6.07, 6.45) is 2.26. The van der Waals surface area contributed by atoms with Gasteiger partial charge >= 0.3 is 0 Å². The quantitative estimate of drug-likeness (QED) is 0.451. The molecule has 6 nitrogen and oxygen atoms in total. The molecule has 2 heterocycles. The van der Waals surface area contributed by atoms with Crippen LogP contribution in [0.5, 0.6) is 0 Å². The number of ketones is 1. The Labute approximate surface area is 119 Å². The molecule has 0 atom stereocenters. The van der Waals surface area contributed by atoms with Crippen LogP contribution in [0.25, 0.3) is 10.9 Å². The summed E-state index contributed by atoms with van der Waals surface area (Å²) in [5.74, 6) is 0.773. The summed E-state index contributed by atoms with van der Waals surface area (Å²) in [5.41, 5.74) is 0.973. The van der Waals surface area contributed by atoms with Crippen LogP contribution in [0.2, 0.25) is 0 Å². The highest BCUT2D eigenvalue weighted by atomic mass is 16.6. The number of carbonyl (C=O) groups excluding carboxylic acids is 1. The zero-order valence-corrected chi connectivity index (χ0v) is 11.3. The average Bonchev–Trinajstić information content (AvgIpc) is 3.12. The molecule has 21 heavy (non-hydrogen) atoms. The highest BCUT2D eigenvalue weighted by Gasteiger charge is 2.18. The standard InChI is InChI=1S/C15H12N2O4/c1-2-10-4-6-14(21-10)15(18)12-8-16-13-7-9(17(19)20)3-5-11(12)13/h3-8,16H,2H2,1H3. The van der Waals surface area contributed by atoms with Crippen molar-refractivity contribution >= 4 is 22.4 Å². The molecule has 3 aromatic rings. The number of aryl methyl sites for hydroxylation is 1. The number of fused-ring (bicyclic) bond motifs is 1.